The highest BCUT2D eigenvalue weighted by Gasteiger charge is 2.54. The molecule has 0 radical (unpaired) electrons. The quantitative estimate of drug-likeness (QED) is 0.589. The Hall–Kier alpha value is -0.790. The molecule has 1 fully saturated rings. The van der Waals surface area contributed by atoms with Crippen LogP contribution in [0, 0.1) is 11.3 Å². The molecule has 2 atom stereocenters. The van der Waals surface area contributed by atoms with Crippen LogP contribution >= 0.6 is 0 Å². The van der Waals surface area contributed by atoms with Crippen LogP contribution in [0.3, 0.4) is 0 Å². The van der Waals surface area contributed by atoms with Crippen LogP contribution in [0.5, 0.6) is 0 Å². The van der Waals surface area contributed by atoms with E-state index in [1.807, 2.05) is 0 Å². The number of ketones is 1. The second kappa shape index (κ2) is 2.62. The fraction of sp³-hybridized carbons (Fsp3) is 0.750. The van der Waals surface area contributed by atoms with Crippen molar-refractivity contribution in [3.63, 3.8) is 0 Å². The SMILES string of the molecule is C[C@]12CCC[C@H]1C(=O)C1=C2CCCO1. The smallest absolute Gasteiger partial charge is 0.201 e. The number of ether oxygens (including phenoxy) is 1. The van der Waals surface area contributed by atoms with E-state index in [0.717, 1.165) is 31.6 Å². The van der Waals surface area contributed by atoms with E-state index in [1.54, 1.807) is 0 Å². The molecular formula is C12H16O2. The van der Waals surface area contributed by atoms with Crippen LogP contribution in [0.25, 0.3) is 0 Å². The van der Waals surface area contributed by atoms with Gasteiger partial charge in [-0.1, -0.05) is 13.3 Å². The molecule has 0 saturated heterocycles. The van der Waals surface area contributed by atoms with E-state index in [4.69, 9.17) is 4.74 Å². The summed E-state index contributed by atoms with van der Waals surface area (Å²) in [6, 6.07) is 0. The standard InChI is InChI=1S/C12H16O2/c1-12-6-2-4-8(12)10(13)11-9(12)5-3-7-14-11/h8H,2-7H2,1H3/t8-,12-/m0/s1. The molecule has 14 heavy (non-hydrogen) atoms. The number of carbonyl (C=O) groups excluding carboxylic acids is 1. The van der Waals surface area contributed by atoms with Gasteiger partial charge in [0.05, 0.1) is 6.61 Å². The summed E-state index contributed by atoms with van der Waals surface area (Å²) in [5.74, 6) is 1.31. The van der Waals surface area contributed by atoms with Crippen molar-refractivity contribution in [1.82, 2.24) is 0 Å². The number of fused-ring (bicyclic) bond motifs is 2. The van der Waals surface area contributed by atoms with Gasteiger partial charge in [0.1, 0.15) is 0 Å². The number of hydrogen-bond donors (Lipinski definition) is 0. The fourth-order valence-electron chi connectivity index (χ4n) is 3.49. The number of carbonyl (C=O) groups is 1. The lowest BCUT2D eigenvalue weighted by molar-refractivity contribution is -0.122. The summed E-state index contributed by atoms with van der Waals surface area (Å²) in [4.78, 5) is 12.0. The first kappa shape index (κ1) is 8.51. The molecule has 0 N–H and O–H groups in total. The first-order valence-corrected chi connectivity index (χ1v) is 5.64. The predicted octanol–water partition coefficient (Wildman–Crippen LogP) is 2.44. The van der Waals surface area contributed by atoms with Gasteiger partial charge in [-0.05, 0) is 31.3 Å². The normalized spacial score (nSPS) is 40.9. The molecular weight excluding hydrogens is 176 g/mol. The lowest BCUT2D eigenvalue weighted by Gasteiger charge is -2.28. The van der Waals surface area contributed by atoms with Crippen LogP contribution < -0.4 is 0 Å². The minimum atomic E-state index is 0.173. The number of Topliss-reactive ketones (excluding diaryl/α,β-unsaturated/α-hetero) is 1. The summed E-state index contributed by atoms with van der Waals surface area (Å²) < 4.78 is 5.55. The molecule has 0 aromatic rings. The number of allylic oxidation sites excluding steroid dienone is 2. The van der Waals surface area contributed by atoms with Crippen LogP contribution in [-0.4, -0.2) is 12.4 Å². The van der Waals surface area contributed by atoms with Crippen LogP contribution in [0.4, 0.5) is 0 Å². The zero-order valence-electron chi connectivity index (χ0n) is 8.64. The molecule has 2 nitrogen and oxygen atoms in total. The summed E-state index contributed by atoms with van der Waals surface area (Å²) >= 11 is 0. The minimum absolute atomic E-state index is 0.173. The Morgan fingerprint density at radius 3 is 3.14 bits per heavy atom. The van der Waals surface area contributed by atoms with Crippen molar-refractivity contribution < 1.29 is 9.53 Å². The number of rotatable bonds is 0. The molecule has 0 aromatic heterocycles. The van der Waals surface area contributed by atoms with E-state index in [0.29, 0.717) is 5.78 Å². The monoisotopic (exact) mass is 192 g/mol. The van der Waals surface area contributed by atoms with Gasteiger partial charge in [0, 0.05) is 11.3 Å². The Morgan fingerprint density at radius 2 is 2.29 bits per heavy atom. The lowest BCUT2D eigenvalue weighted by atomic mass is 9.76. The van der Waals surface area contributed by atoms with E-state index in [2.05, 4.69) is 6.92 Å². The molecule has 1 aliphatic heterocycles. The average molecular weight is 192 g/mol. The Kier molecular flexibility index (Phi) is 1.59. The van der Waals surface area contributed by atoms with E-state index in [9.17, 15) is 4.79 Å². The van der Waals surface area contributed by atoms with Crippen LogP contribution in [-0.2, 0) is 9.53 Å². The van der Waals surface area contributed by atoms with E-state index >= 15 is 0 Å². The maximum atomic E-state index is 12.0. The maximum Gasteiger partial charge on any atom is 0.201 e. The summed E-state index contributed by atoms with van der Waals surface area (Å²) in [6.45, 7) is 3.01. The van der Waals surface area contributed by atoms with E-state index in [1.165, 1.54) is 18.4 Å². The second-order valence-electron chi connectivity index (χ2n) is 4.99. The van der Waals surface area contributed by atoms with Gasteiger partial charge in [0.15, 0.2) is 5.76 Å². The first-order chi connectivity index (χ1) is 6.73. The highest BCUT2D eigenvalue weighted by Crippen LogP contribution is 2.57. The first-order valence-electron chi connectivity index (χ1n) is 5.64. The number of hydrogen-bond acceptors (Lipinski definition) is 2. The van der Waals surface area contributed by atoms with Gasteiger partial charge in [0.2, 0.25) is 5.78 Å². The summed E-state index contributed by atoms with van der Waals surface area (Å²) in [6.07, 6.45) is 5.66. The Bertz CT molecular complexity index is 329. The third kappa shape index (κ3) is 0.844. The van der Waals surface area contributed by atoms with Crippen LogP contribution in [0.15, 0.2) is 11.3 Å². The minimum Gasteiger partial charge on any atom is -0.490 e. The molecule has 0 aromatic carbocycles. The maximum absolute atomic E-state index is 12.0. The second-order valence-corrected chi connectivity index (χ2v) is 4.99. The fourth-order valence-corrected chi connectivity index (χ4v) is 3.49. The summed E-state index contributed by atoms with van der Waals surface area (Å²) in [5.41, 5.74) is 1.52. The Labute approximate surface area is 84.3 Å². The Morgan fingerprint density at radius 1 is 1.43 bits per heavy atom. The third-order valence-corrected chi connectivity index (χ3v) is 4.28. The lowest BCUT2D eigenvalue weighted by Crippen LogP contribution is -2.22. The Balaban J connectivity index is 2.09. The van der Waals surface area contributed by atoms with Crippen molar-refractivity contribution in [3.05, 3.63) is 11.3 Å². The van der Waals surface area contributed by atoms with E-state index < -0.39 is 0 Å². The van der Waals surface area contributed by atoms with Gasteiger partial charge in [-0.2, -0.15) is 0 Å². The zero-order chi connectivity index (χ0) is 9.76. The molecule has 76 valence electrons. The third-order valence-electron chi connectivity index (χ3n) is 4.28. The van der Waals surface area contributed by atoms with Crippen molar-refractivity contribution in [3.8, 4) is 0 Å². The van der Waals surface area contributed by atoms with Gasteiger partial charge in [-0.15, -0.1) is 0 Å². The molecule has 2 heteroatoms. The van der Waals surface area contributed by atoms with Crippen LogP contribution in [0.1, 0.15) is 39.0 Å². The summed E-state index contributed by atoms with van der Waals surface area (Å²) in [5, 5.41) is 0. The van der Waals surface area contributed by atoms with Gasteiger partial charge in [-0.3, -0.25) is 4.79 Å². The van der Waals surface area contributed by atoms with Gasteiger partial charge >= 0.3 is 0 Å². The van der Waals surface area contributed by atoms with E-state index in [-0.39, 0.29) is 11.3 Å². The molecule has 1 heterocycles. The van der Waals surface area contributed by atoms with Crippen LogP contribution in [0.2, 0.25) is 0 Å². The molecule has 3 aliphatic rings. The summed E-state index contributed by atoms with van der Waals surface area (Å²) in [7, 11) is 0. The molecule has 0 bridgehead atoms. The molecule has 0 unspecified atom stereocenters. The van der Waals surface area contributed by atoms with Crippen molar-refractivity contribution in [2.45, 2.75) is 39.0 Å². The molecule has 3 rings (SSSR count). The predicted molar refractivity (Wildman–Crippen MR) is 52.7 cm³/mol. The highest BCUT2D eigenvalue weighted by atomic mass is 16.5. The highest BCUT2D eigenvalue weighted by molar-refractivity contribution is 6.00. The van der Waals surface area contributed by atoms with Crippen molar-refractivity contribution in [2.24, 2.45) is 11.3 Å². The molecule has 0 amide bonds. The van der Waals surface area contributed by atoms with Gasteiger partial charge in [-0.25, -0.2) is 0 Å². The van der Waals surface area contributed by atoms with Gasteiger partial charge < -0.3 is 4.74 Å². The zero-order valence-corrected chi connectivity index (χ0v) is 8.64. The molecule has 2 aliphatic carbocycles. The average Bonchev–Trinajstić information content (AvgIpc) is 2.67. The van der Waals surface area contributed by atoms with Gasteiger partial charge in [0.25, 0.3) is 0 Å². The van der Waals surface area contributed by atoms with Crippen molar-refractivity contribution in [2.75, 3.05) is 6.61 Å². The largest absolute Gasteiger partial charge is 0.490 e. The van der Waals surface area contributed by atoms with Crippen molar-refractivity contribution >= 4 is 5.78 Å². The van der Waals surface area contributed by atoms with Crippen molar-refractivity contribution in [1.29, 1.82) is 0 Å². The molecule has 1 saturated carbocycles. The molecule has 0 spiro atoms. The topological polar surface area (TPSA) is 26.3 Å².